The zero-order valence-corrected chi connectivity index (χ0v) is 11.2. The van der Waals surface area contributed by atoms with Gasteiger partial charge in [-0.05, 0) is 38.0 Å². The summed E-state index contributed by atoms with van der Waals surface area (Å²) in [6.45, 7) is 1.96. The van der Waals surface area contributed by atoms with Crippen LogP contribution in [0.15, 0.2) is 18.2 Å². The first-order chi connectivity index (χ1) is 9.13. The Labute approximate surface area is 113 Å². The van der Waals surface area contributed by atoms with E-state index in [1.807, 2.05) is 0 Å². The van der Waals surface area contributed by atoms with Gasteiger partial charge in [0.15, 0.2) is 5.78 Å². The van der Waals surface area contributed by atoms with E-state index in [0.29, 0.717) is 18.2 Å². The van der Waals surface area contributed by atoms with Crippen molar-refractivity contribution in [3.8, 4) is 0 Å². The van der Waals surface area contributed by atoms with Gasteiger partial charge in [0.05, 0.1) is 6.61 Å². The lowest BCUT2D eigenvalue weighted by Crippen LogP contribution is -2.36. The van der Waals surface area contributed by atoms with E-state index in [0.717, 1.165) is 18.5 Å². The lowest BCUT2D eigenvalue weighted by atomic mass is 10.1. The molecule has 0 aliphatic heterocycles. The van der Waals surface area contributed by atoms with E-state index in [4.69, 9.17) is 0 Å². The molecule has 0 atom stereocenters. The molecule has 19 heavy (non-hydrogen) atoms. The normalized spacial score (nSPS) is 15.7. The van der Waals surface area contributed by atoms with Crippen LogP contribution in [0.1, 0.15) is 43.0 Å². The lowest BCUT2D eigenvalue weighted by molar-refractivity contribution is 0.101. The van der Waals surface area contributed by atoms with Crippen LogP contribution in [0.2, 0.25) is 0 Å². The molecule has 0 amide bonds. The molecule has 3 nitrogen and oxygen atoms in total. The van der Waals surface area contributed by atoms with Crippen molar-refractivity contribution in [2.45, 2.75) is 38.6 Å². The number of aliphatic hydroxyl groups excluding tert-OH is 1. The number of rotatable bonds is 5. The number of carbonyl (C=O) groups is 1. The molecule has 1 aromatic carbocycles. The summed E-state index contributed by atoms with van der Waals surface area (Å²) in [5.41, 5.74) is 1.15. The van der Waals surface area contributed by atoms with Crippen LogP contribution in [-0.2, 0) is 0 Å². The first-order valence-electron chi connectivity index (χ1n) is 6.81. The monoisotopic (exact) mass is 265 g/mol. The van der Waals surface area contributed by atoms with E-state index in [9.17, 15) is 14.3 Å². The minimum absolute atomic E-state index is 0.0330. The van der Waals surface area contributed by atoms with Gasteiger partial charge in [-0.3, -0.25) is 4.79 Å². The molecule has 0 aromatic heterocycles. The molecule has 1 aliphatic carbocycles. The number of benzene rings is 1. The van der Waals surface area contributed by atoms with Gasteiger partial charge < -0.3 is 10.0 Å². The average molecular weight is 265 g/mol. The molecule has 2 rings (SSSR count). The van der Waals surface area contributed by atoms with Crippen LogP contribution in [-0.4, -0.2) is 30.1 Å². The SMILES string of the molecule is CC(=O)c1cc(F)ccc1N(CCO)C1CCCC1. The second kappa shape index (κ2) is 6.15. The molecule has 0 saturated heterocycles. The Morgan fingerprint density at radius 2 is 2.11 bits per heavy atom. The zero-order valence-electron chi connectivity index (χ0n) is 11.2. The van der Waals surface area contributed by atoms with Gasteiger partial charge in [-0.15, -0.1) is 0 Å². The number of Topliss-reactive ketones (excluding diaryl/α,β-unsaturated/α-hetero) is 1. The van der Waals surface area contributed by atoms with E-state index in [1.54, 1.807) is 6.07 Å². The van der Waals surface area contributed by atoms with Gasteiger partial charge in [0.25, 0.3) is 0 Å². The highest BCUT2D eigenvalue weighted by molar-refractivity contribution is 5.99. The van der Waals surface area contributed by atoms with Gasteiger partial charge >= 0.3 is 0 Å². The fourth-order valence-electron chi connectivity index (χ4n) is 2.86. The molecule has 1 saturated carbocycles. The predicted molar refractivity (Wildman–Crippen MR) is 73.1 cm³/mol. The molecule has 0 unspecified atom stereocenters. The van der Waals surface area contributed by atoms with Crippen molar-refractivity contribution < 1.29 is 14.3 Å². The van der Waals surface area contributed by atoms with E-state index >= 15 is 0 Å². The second-order valence-electron chi connectivity index (χ2n) is 5.07. The summed E-state index contributed by atoms with van der Waals surface area (Å²) < 4.78 is 13.3. The quantitative estimate of drug-likeness (QED) is 0.832. The van der Waals surface area contributed by atoms with E-state index in [2.05, 4.69) is 4.90 Å². The Morgan fingerprint density at radius 1 is 1.42 bits per heavy atom. The maximum absolute atomic E-state index is 13.3. The highest BCUT2D eigenvalue weighted by Crippen LogP contribution is 2.31. The summed E-state index contributed by atoms with van der Waals surface area (Å²) in [4.78, 5) is 13.7. The molecule has 0 heterocycles. The van der Waals surface area contributed by atoms with Crippen molar-refractivity contribution in [3.05, 3.63) is 29.6 Å². The summed E-state index contributed by atoms with van der Waals surface area (Å²) in [7, 11) is 0. The predicted octanol–water partition coefficient (Wildman–Crippen LogP) is 2.77. The van der Waals surface area contributed by atoms with Crippen molar-refractivity contribution in [1.82, 2.24) is 0 Å². The van der Waals surface area contributed by atoms with Gasteiger partial charge in [0, 0.05) is 23.8 Å². The van der Waals surface area contributed by atoms with Crippen LogP contribution in [0.4, 0.5) is 10.1 Å². The molecule has 1 fully saturated rings. The zero-order chi connectivity index (χ0) is 13.8. The van der Waals surface area contributed by atoms with Gasteiger partial charge in [0.1, 0.15) is 5.82 Å². The fourth-order valence-corrected chi connectivity index (χ4v) is 2.86. The third-order valence-electron chi connectivity index (χ3n) is 3.75. The molecule has 0 bridgehead atoms. The van der Waals surface area contributed by atoms with Crippen LogP contribution in [0, 0.1) is 5.82 Å². The Morgan fingerprint density at radius 3 is 2.68 bits per heavy atom. The number of nitrogens with zero attached hydrogens (tertiary/aromatic N) is 1. The maximum atomic E-state index is 13.3. The lowest BCUT2D eigenvalue weighted by Gasteiger charge is -2.32. The Kier molecular flexibility index (Phi) is 4.53. The minimum Gasteiger partial charge on any atom is -0.395 e. The van der Waals surface area contributed by atoms with Crippen LogP contribution < -0.4 is 4.90 Å². The summed E-state index contributed by atoms with van der Waals surface area (Å²) in [5, 5.41) is 9.24. The standard InChI is InChI=1S/C15H20FNO2/c1-11(19)14-10-12(16)6-7-15(14)17(8-9-18)13-4-2-3-5-13/h6-7,10,13,18H,2-5,8-9H2,1H3. The number of hydrogen-bond acceptors (Lipinski definition) is 3. The van der Waals surface area contributed by atoms with Crippen molar-refractivity contribution in [2.75, 3.05) is 18.1 Å². The van der Waals surface area contributed by atoms with Crippen LogP contribution in [0.3, 0.4) is 0 Å². The van der Waals surface area contributed by atoms with Crippen molar-refractivity contribution >= 4 is 11.5 Å². The smallest absolute Gasteiger partial charge is 0.161 e. The third-order valence-corrected chi connectivity index (χ3v) is 3.75. The first kappa shape index (κ1) is 14.0. The fraction of sp³-hybridized carbons (Fsp3) is 0.533. The number of ketones is 1. The average Bonchev–Trinajstić information content (AvgIpc) is 2.90. The van der Waals surface area contributed by atoms with Gasteiger partial charge in [-0.2, -0.15) is 0 Å². The molecule has 4 heteroatoms. The molecular weight excluding hydrogens is 245 g/mol. The number of halogens is 1. The molecule has 1 aliphatic rings. The van der Waals surface area contributed by atoms with E-state index in [-0.39, 0.29) is 12.4 Å². The van der Waals surface area contributed by atoms with Gasteiger partial charge in [0.2, 0.25) is 0 Å². The van der Waals surface area contributed by atoms with Crippen molar-refractivity contribution in [1.29, 1.82) is 0 Å². The second-order valence-corrected chi connectivity index (χ2v) is 5.07. The number of carbonyl (C=O) groups excluding carboxylic acids is 1. The van der Waals surface area contributed by atoms with Crippen LogP contribution in [0.5, 0.6) is 0 Å². The molecule has 1 aromatic rings. The molecular formula is C15H20FNO2. The van der Waals surface area contributed by atoms with Crippen LogP contribution >= 0.6 is 0 Å². The van der Waals surface area contributed by atoms with Gasteiger partial charge in [-0.25, -0.2) is 4.39 Å². The van der Waals surface area contributed by atoms with Crippen molar-refractivity contribution in [3.63, 3.8) is 0 Å². The Bertz CT molecular complexity index is 455. The minimum atomic E-state index is -0.399. The molecule has 104 valence electrons. The van der Waals surface area contributed by atoms with E-state index in [1.165, 1.54) is 31.9 Å². The van der Waals surface area contributed by atoms with E-state index < -0.39 is 5.82 Å². The highest BCUT2D eigenvalue weighted by atomic mass is 19.1. The highest BCUT2D eigenvalue weighted by Gasteiger charge is 2.25. The summed E-state index contributed by atoms with van der Waals surface area (Å²) in [5.74, 6) is -0.542. The van der Waals surface area contributed by atoms with Gasteiger partial charge in [-0.1, -0.05) is 12.8 Å². The Hall–Kier alpha value is -1.42. The molecule has 0 spiro atoms. The summed E-state index contributed by atoms with van der Waals surface area (Å²) in [6.07, 6.45) is 4.47. The topological polar surface area (TPSA) is 40.5 Å². The van der Waals surface area contributed by atoms with Crippen LogP contribution in [0.25, 0.3) is 0 Å². The Balaban J connectivity index is 2.37. The largest absolute Gasteiger partial charge is 0.395 e. The third kappa shape index (κ3) is 3.13. The van der Waals surface area contributed by atoms with Crippen molar-refractivity contribution in [2.24, 2.45) is 0 Å². The summed E-state index contributed by atoms with van der Waals surface area (Å²) >= 11 is 0. The molecule has 1 N–H and O–H groups in total. The maximum Gasteiger partial charge on any atom is 0.161 e. The first-order valence-corrected chi connectivity index (χ1v) is 6.81. The summed E-state index contributed by atoms with van der Waals surface area (Å²) in [6, 6.07) is 4.66. The molecule has 0 radical (unpaired) electrons. The number of hydrogen-bond donors (Lipinski definition) is 1. The number of anilines is 1. The number of aliphatic hydroxyl groups is 1.